The van der Waals surface area contributed by atoms with Crippen LogP contribution >= 0.6 is 11.6 Å². The number of carbonyl (C=O) groups excluding carboxylic acids is 1. The lowest BCUT2D eigenvalue weighted by molar-refractivity contribution is 0.0964. The third kappa shape index (κ3) is 2.73. The van der Waals surface area contributed by atoms with Crippen LogP contribution in [0.15, 0.2) is 23.2 Å². The van der Waals surface area contributed by atoms with Crippen molar-refractivity contribution in [1.29, 1.82) is 0 Å². The Hall–Kier alpha value is -1.55. The maximum Gasteiger partial charge on any atom is 0.253 e. The molecule has 86 valence electrons. The van der Waals surface area contributed by atoms with Crippen LogP contribution in [-0.4, -0.2) is 24.7 Å². The van der Waals surface area contributed by atoms with E-state index in [1.807, 2.05) is 13.0 Å². The smallest absolute Gasteiger partial charge is 0.253 e. The molecule has 0 aliphatic carbocycles. The number of hydrogen-bond donors (Lipinski definition) is 2. The molecular weight excluding hydrogens is 226 g/mol. The van der Waals surface area contributed by atoms with E-state index in [1.54, 1.807) is 19.2 Å². The molecule has 5 heteroatoms. The normalized spacial score (nSPS) is 11.3. The lowest BCUT2D eigenvalue weighted by Crippen LogP contribution is -2.19. The number of hydrogen-bond acceptors (Lipinski definition) is 2. The van der Waals surface area contributed by atoms with E-state index in [-0.39, 0.29) is 11.8 Å². The van der Waals surface area contributed by atoms with Crippen LogP contribution in [0.5, 0.6) is 0 Å². The molecule has 0 bridgehead atoms. The van der Waals surface area contributed by atoms with E-state index in [9.17, 15) is 4.79 Å². The van der Waals surface area contributed by atoms with Gasteiger partial charge in [0.1, 0.15) is 5.84 Å². The van der Waals surface area contributed by atoms with E-state index in [0.29, 0.717) is 17.1 Å². The maximum absolute atomic E-state index is 11.6. The monoisotopic (exact) mass is 239 g/mol. The molecule has 0 aliphatic heterocycles. The summed E-state index contributed by atoms with van der Waals surface area (Å²) in [6, 6.07) is 5.37. The molecule has 0 saturated carbocycles. The molecule has 0 heterocycles. The first kappa shape index (κ1) is 12.5. The SMILES string of the molecule is CNC(=O)c1cccc(C)c1N=C(N)CCl. The van der Waals surface area contributed by atoms with E-state index in [4.69, 9.17) is 17.3 Å². The molecule has 0 unspecified atom stereocenters. The van der Waals surface area contributed by atoms with Crippen LogP contribution in [0, 0.1) is 6.92 Å². The first-order chi connectivity index (χ1) is 7.60. The lowest BCUT2D eigenvalue weighted by atomic mass is 10.1. The Morgan fingerprint density at radius 2 is 2.25 bits per heavy atom. The van der Waals surface area contributed by atoms with Crippen molar-refractivity contribution in [1.82, 2.24) is 5.32 Å². The summed E-state index contributed by atoms with van der Waals surface area (Å²) in [6.45, 7) is 1.87. The number of carbonyl (C=O) groups is 1. The number of rotatable bonds is 3. The Kier molecular flexibility index (Phi) is 4.31. The fourth-order valence-corrected chi connectivity index (χ4v) is 1.36. The molecule has 1 rings (SSSR count). The Balaban J connectivity index is 3.29. The number of benzene rings is 1. The Morgan fingerprint density at radius 1 is 1.56 bits per heavy atom. The van der Waals surface area contributed by atoms with Crippen LogP contribution in [0.25, 0.3) is 0 Å². The van der Waals surface area contributed by atoms with Crippen molar-refractivity contribution in [3.05, 3.63) is 29.3 Å². The average molecular weight is 240 g/mol. The molecule has 0 saturated heterocycles. The van der Waals surface area contributed by atoms with Gasteiger partial charge in [0.05, 0.1) is 17.1 Å². The van der Waals surface area contributed by atoms with Crippen LogP contribution in [-0.2, 0) is 0 Å². The van der Waals surface area contributed by atoms with Gasteiger partial charge in [-0.15, -0.1) is 11.6 Å². The van der Waals surface area contributed by atoms with Gasteiger partial charge in [-0.3, -0.25) is 4.79 Å². The van der Waals surface area contributed by atoms with E-state index in [1.165, 1.54) is 0 Å². The third-order valence-corrected chi connectivity index (χ3v) is 2.38. The summed E-state index contributed by atoms with van der Waals surface area (Å²) >= 11 is 5.56. The Bertz CT molecular complexity index is 429. The minimum atomic E-state index is -0.190. The standard InChI is InChI=1S/C11H14ClN3O/c1-7-4-3-5-8(11(16)14-2)10(7)15-9(13)6-12/h3-5H,6H2,1-2H3,(H2,13,15)(H,14,16). The van der Waals surface area contributed by atoms with Crippen molar-refractivity contribution in [2.24, 2.45) is 10.7 Å². The van der Waals surface area contributed by atoms with Gasteiger partial charge in [-0.1, -0.05) is 12.1 Å². The zero-order chi connectivity index (χ0) is 12.1. The zero-order valence-electron chi connectivity index (χ0n) is 9.25. The molecular formula is C11H14ClN3O. The minimum Gasteiger partial charge on any atom is -0.386 e. The molecule has 0 atom stereocenters. The second-order valence-electron chi connectivity index (χ2n) is 3.29. The number of aliphatic imine (C=N–C) groups is 1. The van der Waals surface area contributed by atoms with Crippen LogP contribution in [0.3, 0.4) is 0 Å². The highest BCUT2D eigenvalue weighted by molar-refractivity contribution is 6.28. The topological polar surface area (TPSA) is 67.5 Å². The summed E-state index contributed by atoms with van der Waals surface area (Å²) in [5, 5.41) is 2.56. The van der Waals surface area contributed by atoms with Gasteiger partial charge in [0.15, 0.2) is 0 Å². The van der Waals surface area contributed by atoms with Crippen molar-refractivity contribution in [3.63, 3.8) is 0 Å². The van der Waals surface area contributed by atoms with Crippen molar-refractivity contribution < 1.29 is 4.79 Å². The predicted octanol–water partition coefficient (Wildman–Crippen LogP) is 1.58. The minimum absolute atomic E-state index is 0.140. The highest BCUT2D eigenvalue weighted by Crippen LogP contribution is 2.23. The molecule has 1 amide bonds. The highest BCUT2D eigenvalue weighted by Gasteiger charge is 2.11. The van der Waals surface area contributed by atoms with Gasteiger partial charge >= 0.3 is 0 Å². The van der Waals surface area contributed by atoms with E-state index in [2.05, 4.69) is 10.3 Å². The number of para-hydroxylation sites is 1. The first-order valence-electron chi connectivity index (χ1n) is 4.80. The van der Waals surface area contributed by atoms with Crippen molar-refractivity contribution in [3.8, 4) is 0 Å². The molecule has 1 aromatic rings. The molecule has 1 aromatic carbocycles. The number of amidine groups is 1. The number of aryl methyl sites for hydroxylation is 1. The fourth-order valence-electron chi connectivity index (χ4n) is 1.30. The van der Waals surface area contributed by atoms with E-state index >= 15 is 0 Å². The second kappa shape index (κ2) is 5.51. The van der Waals surface area contributed by atoms with Gasteiger partial charge in [-0.05, 0) is 18.6 Å². The van der Waals surface area contributed by atoms with E-state index < -0.39 is 0 Å². The van der Waals surface area contributed by atoms with Gasteiger partial charge in [-0.2, -0.15) is 0 Å². The van der Waals surface area contributed by atoms with Gasteiger partial charge in [0.25, 0.3) is 5.91 Å². The maximum atomic E-state index is 11.6. The molecule has 4 nitrogen and oxygen atoms in total. The fraction of sp³-hybridized carbons (Fsp3) is 0.273. The highest BCUT2D eigenvalue weighted by atomic mass is 35.5. The lowest BCUT2D eigenvalue weighted by Gasteiger charge is -2.07. The molecule has 0 fully saturated rings. The summed E-state index contributed by atoms with van der Waals surface area (Å²) in [6.07, 6.45) is 0. The number of amides is 1. The Labute approximate surface area is 99.5 Å². The quantitative estimate of drug-likeness (QED) is 0.478. The molecule has 3 N–H and O–H groups in total. The zero-order valence-corrected chi connectivity index (χ0v) is 10.0. The summed E-state index contributed by atoms with van der Waals surface area (Å²) in [5.74, 6) is 0.243. The van der Waals surface area contributed by atoms with Crippen molar-refractivity contribution in [2.45, 2.75) is 6.92 Å². The van der Waals surface area contributed by atoms with Crippen molar-refractivity contribution >= 4 is 29.0 Å². The number of halogens is 1. The largest absolute Gasteiger partial charge is 0.386 e. The number of nitrogens with one attached hydrogen (secondary N) is 1. The number of alkyl halides is 1. The molecule has 16 heavy (non-hydrogen) atoms. The number of nitrogens with zero attached hydrogens (tertiary/aromatic N) is 1. The van der Waals surface area contributed by atoms with Crippen molar-refractivity contribution in [2.75, 3.05) is 12.9 Å². The summed E-state index contributed by atoms with van der Waals surface area (Å²) in [7, 11) is 1.57. The summed E-state index contributed by atoms with van der Waals surface area (Å²) in [4.78, 5) is 15.7. The molecule has 0 radical (unpaired) electrons. The summed E-state index contributed by atoms with van der Waals surface area (Å²) in [5.41, 5.74) is 7.52. The second-order valence-corrected chi connectivity index (χ2v) is 3.55. The average Bonchev–Trinajstić information content (AvgIpc) is 2.30. The van der Waals surface area contributed by atoms with Crippen LogP contribution < -0.4 is 11.1 Å². The summed E-state index contributed by atoms with van der Waals surface area (Å²) < 4.78 is 0. The van der Waals surface area contributed by atoms with Gasteiger partial charge in [0, 0.05) is 7.05 Å². The number of nitrogens with two attached hydrogens (primary N) is 1. The Morgan fingerprint density at radius 3 is 2.81 bits per heavy atom. The van der Waals surface area contributed by atoms with Gasteiger partial charge < -0.3 is 11.1 Å². The molecule has 0 aliphatic rings. The van der Waals surface area contributed by atoms with Gasteiger partial charge in [0.2, 0.25) is 0 Å². The molecule has 0 aromatic heterocycles. The van der Waals surface area contributed by atoms with Crippen LogP contribution in [0.2, 0.25) is 0 Å². The third-order valence-electron chi connectivity index (χ3n) is 2.10. The predicted molar refractivity (Wildman–Crippen MR) is 66.6 cm³/mol. The van der Waals surface area contributed by atoms with Crippen LogP contribution in [0.1, 0.15) is 15.9 Å². The van der Waals surface area contributed by atoms with Gasteiger partial charge in [-0.25, -0.2) is 4.99 Å². The first-order valence-corrected chi connectivity index (χ1v) is 5.34. The van der Waals surface area contributed by atoms with E-state index in [0.717, 1.165) is 5.56 Å². The molecule has 0 spiro atoms. The van der Waals surface area contributed by atoms with Crippen LogP contribution in [0.4, 0.5) is 5.69 Å².